The van der Waals surface area contributed by atoms with Gasteiger partial charge in [-0.15, -0.1) is 0 Å². The van der Waals surface area contributed by atoms with Crippen LogP contribution in [0.1, 0.15) is 12.0 Å². The third kappa shape index (κ3) is 5.00. The SMILES string of the molecule is O=C(CCc1ccccc1Cl)Nc1ccccc1SC(F)F. The lowest BCUT2D eigenvalue weighted by molar-refractivity contribution is -0.116. The van der Waals surface area contributed by atoms with Crippen molar-refractivity contribution in [3.05, 3.63) is 59.1 Å². The van der Waals surface area contributed by atoms with Crippen LogP contribution in [0.5, 0.6) is 0 Å². The third-order valence-electron chi connectivity index (χ3n) is 2.96. The van der Waals surface area contributed by atoms with E-state index in [1.54, 1.807) is 30.3 Å². The average molecular weight is 342 g/mol. The van der Waals surface area contributed by atoms with Gasteiger partial charge in [0.1, 0.15) is 0 Å². The summed E-state index contributed by atoms with van der Waals surface area (Å²) in [7, 11) is 0. The Labute approximate surface area is 136 Å². The summed E-state index contributed by atoms with van der Waals surface area (Å²) in [6, 6.07) is 13.8. The molecule has 0 saturated carbocycles. The summed E-state index contributed by atoms with van der Waals surface area (Å²) in [4.78, 5) is 12.3. The Morgan fingerprint density at radius 1 is 1.14 bits per heavy atom. The summed E-state index contributed by atoms with van der Waals surface area (Å²) in [5.74, 6) is -2.76. The zero-order valence-corrected chi connectivity index (χ0v) is 13.1. The molecule has 116 valence electrons. The minimum absolute atomic E-state index is 0.234. The van der Waals surface area contributed by atoms with Crippen LogP contribution in [0.2, 0.25) is 5.02 Å². The second kappa shape index (κ2) is 8.15. The number of carbonyl (C=O) groups is 1. The molecular weight excluding hydrogens is 328 g/mol. The monoisotopic (exact) mass is 341 g/mol. The molecule has 0 aliphatic heterocycles. The van der Waals surface area contributed by atoms with E-state index in [-0.39, 0.29) is 12.3 Å². The third-order valence-corrected chi connectivity index (χ3v) is 4.11. The molecule has 0 spiro atoms. The molecule has 0 bridgehead atoms. The number of nitrogens with one attached hydrogen (secondary N) is 1. The predicted octanol–water partition coefficient (Wildman–Crippen LogP) is 5.23. The molecule has 0 atom stereocenters. The second-order valence-electron chi connectivity index (χ2n) is 4.51. The number of para-hydroxylation sites is 1. The normalized spacial score (nSPS) is 10.7. The van der Waals surface area contributed by atoms with Crippen LogP contribution in [0.4, 0.5) is 14.5 Å². The summed E-state index contributed by atoms with van der Waals surface area (Å²) in [6.45, 7) is 0. The standard InChI is InChI=1S/C16H14ClF2NOS/c17-12-6-2-1-5-11(12)9-10-15(21)20-13-7-3-4-8-14(13)22-16(18)19/h1-8,16H,9-10H2,(H,20,21). The molecule has 2 aromatic rings. The smallest absolute Gasteiger partial charge is 0.288 e. The van der Waals surface area contributed by atoms with Gasteiger partial charge >= 0.3 is 0 Å². The van der Waals surface area contributed by atoms with E-state index in [2.05, 4.69) is 5.32 Å². The van der Waals surface area contributed by atoms with Crippen molar-refractivity contribution >= 4 is 35.0 Å². The molecule has 1 amide bonds. The number of thioether (sulfide) groups is 1. The van der Waals surface area contributed by atoms with Gasteiger partial charge in [-0.05, 0) is 30.2 Å². The lowest BCUT2D eigenvalue weighted by Crippen LogP contribution is -2.13. The minimum atomic E-state index is -2.53. The number of benzene rings is 2. The molecule has 0 fully saturated rings. The highest BCUT2D eigenvalue weighted by Gasteiger charge is 2.12. The summed E-state index contributed by atoms with van der Waals surface area (Å²) in [6.07, 6.45) is 0.729. The largest absolute Gasteiger partial charge is 0.325 e. The Morgan fingerprint density at radius 2 is 1.82 bits per heavy atom. The molecule has 6 heteroatoms. The zero-order chi connectivity index (χ0) is 15.9. The molecule has 0 unspecified atom stereocenters. The molecule has 0 heterocycles. The zero-order valence-electron chi connectivity index (χ0n) is 11.6. The summed E-state index contributed by atoms with van der Waals surface area (Å²) < 4.78 is 25.0. The fraction of sp³-hybridized carbons (Fsp3) is 0.188. The molecule has 2 rings (SSSR count). The average Bonchev–Trinajstić information content (AvgIpc) is 2.48. The maximum atomic E-state index is 12.5. The molecule has 0 saturated heterocycles. The Morgan fingerprint density at radius 3 is 2.55 bits per heavy atom. The number of hydrogen-bond donors (Lipinski definition) is 1. The summed E-state index contributed by atoms with van der Waals surface area (Å²) >= 11 is 6.45. The number of rotatable bonds is 6. The number of alkyl halides is 2. The lowest BCUT2D eigenvalue weighted by atomic mass is 10.1. The quantitative estimate of drug-likeness (QED) is 0.729. The predicted molar refractivity (Wildman–Crippen MR) is 86.7 cm³/mol. The van der Waals surface area contributed by atoms with Crippen LogP contribution in [-0.4, -0.2) is 11.7 Å². The van der Waals surface area contributed by atoms with Crippen LogP contribution in [0.15, 0.2) is 53.4 Å². The number of amides is 1. The van der Waals surface area contributed by atoms with E-state index in [4.69, 9.17) is 11.6 Å². The van der Waals surface area contributed by atoms with Crippen molar-refractivity contribution in [3.8, 4) is 0 Å². The molecule has 22 heavy (non-hydrogen) atoms. The van der Waals surface area contributed by atoms with E-state index in [9.17, 15) is 13.6 Å². The van der Waals surface area contributed by atoms with E-state index >= 15 is 0 Å². The highest BCUT2D eigenvalue weighted by molar-refractivity contribution is 7.99. The van der Waals surface area contributed by atoms with Crippen LogP contribution >= 0.6 is 23.4 Å². The molecule has 0 aliphatic rings. The van der Waals surface area contributed by atoms with Crippen LogP contribution < -0.4 is 5.32 Å². The van der Waals surface area contributed by atoms with Crippen molar-refractivity contribution < 1.29 is 13.6 Å². The van der Waals surface area contributed by atoms with E-state index in [1.165, 1.54) is 0 Å². The van der Waals surface area contributed by atoms with Gasteiger partial charge in [0, 0.05) is 16.3 Å². The maximum absolute atomic E-state index is 12.5. The Balaban J connectivity index is 1.96. The van der Waals surface area contributed by atoms with Gasteiger partial charge < -0.3 is 5.32 Å². The number of hydrogen-bond acceptors (Lipinski definition) is 2. The molecule has 1 N–H and O–H groups in total. The van der Waals surface area contributed by atoms with E-state index in [1.807, 2.05) is 18.2 Å². The van der Waals surface area contributed by atoms with Crippen molar-refractivity contribution in [1.29, 1.82) is 0 Å². The van der Waals surface area contributed by atoms with Gasteiger partial charge in [0.2, 0.25) is 5.91 Å². The highest BCUT2D eigenvalue weighted by Crippen LogP contribution is 2.31. The van der Waals surface area contributed by atoms with Crippen molar-refractivity contribution in [2.75, 3.05) is 5.32 Å². The van der Waals surface area contributed by atoms with Crippen molar-refractivity contribution in [3.63, 3.8) is 0 Å². The minimum Gasteiger partial charge on any atom is -0.325 e. The van der Waals surface area contributed by atoms with Crippen LogP contribution in [0, 0.1) is 0 Å². The Kier molecular flexibility index (Phi) is 6.21. The number of anilines is 1. The molecule has 0 aliphatic carbocycles. The first-order valence-electron chi connectivity index (χ1n) is 6.63. The maximum Gasteiger partial charge on any atom is 0.288 e. The van der Waals surface area contributed by atoms with Gasteiger partial charge in [0.25, 0.3) is 5.76 Å². The summed E-state index contributed by atoms with van der Waals surface area (Å²) in [5, 5.41) is 3.28. The Bertz CT molecular complexity index is 652. The first-order valence-corrected chi connectivity index (χ1v) is 7.89. The fourth-order valence-electron chi connectivity index (χ4n) is 1.93. The van der Waals surface area contributed by atoms with Crippen molar-refractivity contribution in [2.24, 2.45) is 0 Å². The highest BCUT2D eigenvalue weighted by atomic mass is 35.5. The first-order chi connectivity index (χ1) is 10.6. The van der Waals surface area contributed by atoms with E-state index < -0.39 is 5.76 Å². The van der Waals surface area contributed by atoms with Gasteiger partial charge in [-0.3, -0.25) is 4.79 Å². The van der Waals surface area contributed by atoms with Gasteiger partial charge in [0.05, 0.1) is 5.69 Å². The molecule has 2 aromatic carbocycles. The van der Waals surface area contributed by atoms with Gasteiger partial charge in [0.15, 0.2) is 0 Å². The first kappa shape index (κ1) is 16.8. The molecular formula is C16H14ClF2NOS. The van der Waals surface area contributed by atoms with Gasteiger partial charge in [-0.1, -0.05) is 53.7 Å². The number of halogens is 3. The van der Waals surface area contributed by atoms with E-state index in [0.717, 1.165) is 5.56 Å². The number of aryl methyl sites for hydroxylation is 1. The van der Waals surface area contributed by atoms with Crippen molar-refractivity contribution in [1.82, 2.24) is 0 Å². The lowest BCUT2D eigenvalue weighted by Gasteiger charge is -2.10. The fourth-order valence-corrected chi connectivity index (χ4v) is 2.76. The van der Waals surface area contributed by atoms with Crippen LogP contribution in [0.3, 0.4) is 0 Å². The van der Waals surface area contributed by atoms with Gasteiger partial charge in [-0.25, -0.2) is 0 Å². The molecule has 0 radical (unpaired) electrons. The van der Waals surface area contributed by atoms with Gasteiger partial charge in [-0.2, -0.15) is 8.78 Å². The summed E-state index contributed by atoms with van der Waals surface area (Å²) in [5.41, 5.74) is 1.28. The number of carbonyl (C=O) groups excluding carboxylic acids is 1. The van der Waals surface area contributed by atoms with Crippen LogP contribution in [0.25, 0.3) is 0 Å². The van der Waals surface area contributed by atoms with Crippen LogP contribution in [-0.2, 0) is 11.2 Å². The second-order valence-corrected chi connectivity index (χ2v) is 5.95. The topological polar surface area (TPSA) is 29.1 Å². The molecule has 0 aromatic heterocycles. The van der Waals surface area contributed by atoms with Crippen molar-refractivity contribution in [2.45, 2.75) is 23.5 Å². The van der Waals surface area contributed by atoms with E-state index in [0.29, 0.717) is 33.8 Å². The Hall–Kier alpha value is -1.59. The molecule has 2 nitrogen and oxygen atoms in total.